The Morgan fingerprint density at radius 2 is 2.05 bits per heavy atom. The number of aromatic carboxylic acids is 1. The highest BCUT2D eigenvalue weighted by molar-refractivity contribution is 9.10. The van der Waals surface area contributed by atoms with E-state index < -0.39 is 5.97 Å². The van der Waals surface area contributed by atoms with Gasteiger partial charge in [0.1, 0.15) is 5.75 Å². The summed E-state index contributed by atoms with van der Waals surface area (Å²) in [4.78, 5) is 11.9. The maximum Gasteiger partial charge on any atom is 0.335 e. The smallest absolute Gasteiger partial charge is 0.335 e. The maximum atomic E-state index is 10.9. The van der Waals surface area contributed by atoms with E-state index in [0.717, 1.165) is 26.4 Å². The molecule has 0 heterocycles. The molecule has 0 spiro atoms. The third kappa shape index (κ3) is 3.55. The molecule has 0 aliphatic rings. The fourth-order valence-corrected chi connectivity index (χ4v) is 3.43. The topological polar surface area (TPSA) is 46.5 Å². The number of carboxylic acid groups (broad SMARTS) is 1. The Morgan fingerprint density at radius 3 is 2.70 bits per heavy atom. The molecule has 104 valence electrons. The molecule has 2 rings (SSSR count). The maximum absolute atomic E-state index is 10.9. The number of hydrogen-bond donors (Lipinski definition) is 1. The van der Waals surface area contributed by atoms with E-state index in [-0.39, 0.29) is 5.56 Å². The molecule has 0 aliphatic heterocycles. The largest absolute Gasteiger partial charge is 0.496 e. The van der Waals surface area contributed by atoms with Crippen molar-refractivity contribution >= 4 is 33.7 Å². The van der Waals surface area contributed by atoms with Gasteiger partial charge in [0.25, 0.3) is 0 Å². The van der Waals surface area contributed by atoms with Crippen molar-refractivity contribution in [3.05, 3.63) is 58.1 Å². The molecule has 5 heteroatoms. The Kier molecular flexibility index (Phi) is 5.09. The Labute approximate surface area is 130 Å². The van der Waals surface area contributed by atoms with E-state index in [1.165, 1.54) is 0 Å². The lowest BCUT2D eigenvalue weighted by molar-refractivity contribution is 0.0697. The fourth-order valence-electron chi connectivity index (χ4n) is 1.69. The van der Waals surface area contributed by atoms with Gasteiger partial charge in [-0.15, -0.1) is 11.8 Å². The van der Waals surface area contributed by atoms with Crippen molar-refractivity contribution in [2.45, 2.75) is 10.6 Å². The van der Waals surface area contributed by atoms with E-state index in [4.69, 9.17) is 9.84 Å². The van der Waals surface area contributed by atoms with E-state index >= 15 is 0 Å². The molecule has 0 unspecified atom stereocenters. The first-order valence-electron chi connectivity index (χ1n) is 5.89. The van der Waals surface area contributed by atoms with Crippen molar-refractivity contribution in [2.75, 3.05) is 7.11 Å². The minimum atomic E-state index is -0.922. The van der Waals surface area contributed by atoms with Crippen LogP contribution in [0.4, 0.5) is 0 Å². The molecular formula is C15H13BrO3S. The summed E-state index contributed by atoms with van der Waals surface area (Å²) < 4.78 is 6.11. The first kappa shape index (κ1) is 14.9. The number of hydrogen-bond acceptors (Lipinski definition) is 3. The molecule has 0 aromatic heterocycles. The Balaban J connectivity index is 2.13. The highest BCUT2D eigenvalue weighted by atomic mass is 79.9. The number of carbonyl (C=O) groups is 1. The second kappa shape index (κ2) is 6.81. The Hall–Kier alpha value is -1.46. The molecule has 0 radical (unpaired) electrons. The van der Waals surface area contributed by atoms with Crippen LogP contribution >= 0.6 is 27.7 Å². The summed E-state index contributed by atoms with van der Waals surface area (Å²) in [5, 5.41) is 8.93. The van der Waals surface area contributed by atoms with Crippen LogP contribution in [-0.2, 0) is 5.75 Å². The molecule has 0 saturated heterocycles. The van der Waals surface area contributed by atoms with Gasteiger partial charge in [-0.1, -0.05) is 34.1 Å². The lowest BCUT2D eigenvalue weighted by Crippen LogP contribution is -1.97. The van der Waals surface area contributed by atoms with Crippen LogP contribution in [0, 0.1) is 0 Å². The van der Waals surface area contributed by atoms with Gasteiger partial charge in [0.15, 0.2) is 0 Å². The summed E-state index contributed by atoms with van der Waals surface area (Å²) in [5.74, 6) is 0.659. The summed E-state index contributed by atoms with van der Waals surface area (Å²) in [7, 11) is 1.65. The Morgan fingerprint density at radius 1 is 1.30 bits per heavy atom. The molecule has 20 heavy (non-hydrogen) atoms. The minimum Gasteiger partial charge on any atom is -0.496 e. The van der Waals surface area contributed by atoms with Crippen LogP contribution in [0.3, 0.4) is 0 Å². The number of ether oxygens (including phenoxy) is 1. The SMILES string of the molecule is COc1ccccc1SCc1ccc(C(=O)O)cc1Br. The van der Waals surface area contributed by atoms with Crippen LogP contribution in [0.5, 0.6) is 5.75 Å². The molecule has 1 N–H and O–H groups in total. The first-order valence-corrected chi connectivity index (χ1v) is 7.67. The predicted octanol–water partition coefficient (Wildman–Crippen LogP) is 4.45. The van der Waals surface area contributed by atoms with Crippen molar-refractivity contribution in [3.63, 3.8) is 0 Å². The van der Waals surface area contributed by atoms with Gasteiger partial charge in [0, 0.05) is 15.1 Å². The second-order valence-electron chi connectivity index (χ2n) is 4.05. The molecule has 3 nitrogen and oxygen atoms in total. The van der Waals surface area contributed by atoms with Gasteiger partial charge in [-0.25, -0.2) is 4.79 Å². The molecule has 0 amide bonds. The first-order chi connectivity index (χ1) is 9.61. The van der Waals surface area contributed by atoms with Gasteiger partial charge in [-0.2, -0.15) is 0 Å². The van der Waals surface area contributed by atoms with E-state index in [1.807, 2.05) is 30.3 Å². The monoisotopic (exact) mass is 352 g/mol. The summed E-state index contributed by atoms with van der Waals surface area (Å²) in [6.45, 7) is 0. The molecule has 2 aromatic carbocycles. The van der Waals surface area contributed by atoms with Crippen LogP contribution in [-0.4, -0.2) is 18.2 Å². The summed E-state index contributed by atoms with van der Waals surface area (Å²) in [6, 6.07) is 12.9. The lowest BCUT2D eigenvalue weighted by Gasteiger charge is -2.09. The van der Waals surface area contributed by atoms with Crippen molar-refractivity contribution < 1.29 is 14.6 Å². The average molecular weight is 353 g/mol. The van der Waals surface area contributed by atoms with Crippen molar-refractivity contribution in [1.82, 2.24) is 0 Å². The van der Waals surface area contributed by atoms with Gasteiger partial charge >= 0.3 is 5.97 Å². The number of thioether (sulfide) groups is 1. The number of halogens is 1. The van der Waals surface area contributed by atoms with Gasteiger partial charge in [-0.3, -0.25) is 0 Å². The molecule has 2 aromatic rings. The molecule has 0 atom stereocenters. The zero-order valence-electron chi connectivity index (χ0n) is 10.8. The third-order valence-corrected chi connectivity index (χ3v) is 4.59. The quantitative estimate of drug-likeness (QED) is 0.807. The molecular weight excluding hydrogens is 340 g/mol. The zero-order valence-corrected chi connectivity index (χ0v) is 13.2. The van der Waals surface area contributed by atoms with Gasteiger partial charge in [0.05, 0.1) is 12.7 Å². The average Bonchev–Trinajstić information content (AvgIpc) is 2.46. The lowest BCUT2D eigenvalue weighted by atomic mass is 10.1. The van der Waals surface area contributed by atoms with Crippen molar-refractivity contribution in [1.29, 1.82) is 0 Å². The predicted molar refractivity (Wildman–Crippen MR) is 83.7 cm³/mol. The van der Waals surface area contributed by atoms with Crippen molar-refractivity contribution in [3.8, 4) is 5.75 Å². The van der Waals surface area contributed by atoms with Gasteiger partial charge in [-0.05, 0) is 29.8 Å². The van der Waals surface area contributed by atoms with Gasteiger partial charge in [0.2, 0.25) is 0 Å². The number of para-hydroxylation sites is 1. The Bertz CT molecular complexity index is 628. The van der Waals surface area contributed by atoms with E-state index in [2.05, 4.69) is 15.9 Å². The number of rotatable bonds is 5. The fraction of sp³-hybridized carbons (Fsp3) is 0.133. The summed E-state index contributed by atoms with van der Waals surface area (Å²) >= 11 is 5.07. The van der Waals surface area contributed by atoms with Crippen LogP contribution < -0.4 is 4.74 Å². The van der Waals surface area contributed by atoms with E-state index in [9.17, 15) is 4.79 Å². The number of methoxy groups -OCH3 is 1. The van der Waals surface area contributed by atoms with E-state index in [0.29, 0.717) is 0 Å². The number of benzene rings is 2. The van der Waals surface area contributed by atoms with Crippen molar-refractivity contribution in [2.24, 2.45) is 0 Å². The minimum absolute atomic E-state index is 0.280. The zero-order chi connectivity index (χ0) is 14.5. The van der Waals surface area contributed by atoms with Crippen LogP contribution in [0.1, 0.15) is 15.9 Å². The molecule has 0 saturated carbocycles. The molecule has 0 bridgehead atoms. The van der Waals surface area contributed by atoms with Crippen LogP contribution in [0.25, 0.3) is 0 Å². The van der Waals surface area contributed by atoms with Gasteiger partial charge < -0.3 is 9.84 Å². The molecule has 0 fully saturated rings. The molecule has 0 aliphatic carbocycles. The summed E-state index contributed by atoms with van der Waals surface area (Å²) in [6.07, 6.45) is 0. The highest BCUT2D eigenvalue weighted by Crippen LogP contribution is 2.33. The third-order valence-electron chi connectivity index (χ3n) is 2.75. The van der Waals surface area contributed by atoms with Crippen LogP contribution in [0.15, 0.2) is 51.8 Å². The normalized spacial score (nSPS) is 10.3. The van der Waals surface area contributed by atoms with Crippen LogP contribution in [0.2, 0.25) is 0 Å². The second-order valence-corrected chi connectivity index (χ2v) is 5.92. The highest BCUT2D eigenvalue weighted by Gasteiger charge is 2.08. The summed E-state index contributed by atoms with van der Waals surface area (Å²) in [5.41, 5.74) is 1.33. The van der Waals surface area contributed by atoms with E-state index in [1.54, 1.807) is 31.0 Å². The standard InChI is InChI=1S/C15H13BrO3S/c1-19-13-4-2-3-5-14(13)20-9-11-7-6-10(15(17)18)8-12(11)16/h2-8H,9H2,1H3,(H,17,18). The number of carboxylic acids is 1.